The van der Waals surface area contributed by atoms with Crippen LogP contribution in [0, 0.1) is 0 Å². The zero-order valence-corrected chi connectivity index (χ0v) is 12.6. The third kappa shape index (κ3) is 3.30. The molecule has 19 heavy (non-hydrogen) atoms. The van der Waals surface area contributed by atoms with Crippen molar-refractivity contribution < 1.29 is 4.79 Å². The fourth-order valence-corrected chi connectivity index (χ4v) is 3.84. The van der Waals surface area contributed by atoms with Gasteiger partial charge < -0.3 is 10.2 Å². The monoisotopic (exact) mass is 300 g/mol. The minimum Gasteiger partial charge on any atom is -0.336 e. The first kappa shape index (κ1) is 14.8. The lowest BCUT2D eigenvalue weighted by Crippen LogP contribution is -2.35. The second-order valence-electron chi connectivity index (χ2n) is 5.30. The van der Waals surface area contributed by atoms with Gasteiger partial charge in [0.2, 0.25) is 5.91 Å². The molecule has 0 saturated carbocycles. The summed E-state index contributed by atoms with van der Waals surface area (Å²) in [6.07, 6.45) is 5.32. The van der Waals surface area contributed by atoms with E-state index in [1.807, 2.05) is 0 Å². The van der Waals surface area contributed by atoms with Crippen LogP contribution in [-0.4, -0.2) is 29.9 Å². The van der Waals surface area contributed by atoms with E-state index < -0.39 is 0 Å². The number of hydrogen-bond donors (Lipinski definition) is 1. The molecule has 0 radical (unpaired) electrons. The van der Waals surface area contributed by atoms with Gasteiger partial charge in [0, 0.05) is 19.0 Å². The van der Waals surface area contributed by atoms with Crippen molar-refractivity contribution in [3.63, 3.8) is 0 Å². The Balaban J connectivity index is 0.00000133. The molecule has 3 nitrogen and oxygen atoms in total. The van der Waals surface area contributed by atoms with Crippen LogP contribution in [0.1, 0.15) is 43.7 Å². The fraction of sp³-hybridized carbons (Fsp3) is 0.643. The molecule has 3 heterocycles. The number of nitrogens with zero attached hydrogens (tertiary/aromatic N) is 1. The third-order valence-corrected chi connectivity index (χ3v) is 4.79. The van der Waals surface area contributed by atoms with Crippen molar-refractivity contribution in [2.24, 2.45) is 0 Å². The first-order valence-electron chi connectivity index (χ1n) is 6.89. The Labute approximate surface area is 124 Å². The maximum Gasteiger partial charge on any atom is 0.224 e. The minimum absolute atomic E-state index is 0. The number of nitrogens with one attached hydrogen (secondary N) is 1. The highest BCUT2D eigenvalue weighted by Crippen LogP contribution is 2.33. The predicted octanol–water partition coefficient (Wildman–Crippen LogP) is 2.98. The van der Waals surface area contributed by atoms with E-state index in [4.69, 9.17) is 0 Å². The molecule has 0 aromatic carbocycles. The van der Waals surface area contributed by atoms with Crippen LogP contribution < -0.4 is 5.32 Å². The number of halogens is 1. The van der Waals surface area contributed by atoms with Crippen molar-refractivity contribution in [1.29, 1.82) is 0 Å². The highest BCUT2D eigenvalue weighted by molar-refractivity contribution is 7.07. The third-order valence-electron chi connectivity index (χ3n) is 4.08. The summed E-state index contributed by atoms with van der Waals surface area (Å²) in [6.45, 7) is 2.01. The van der Waals surface area contributed by atoms with Gasteiger partial charge in [-0.15, -0.1) is 12.4 Å². The number of amides is 1. The van der Waals surface area contributed by atoms with Crippen LogP contribution in [0.25, 0.3) is 0 Å². The van der Waals surface area contributed by atoms with Gasteiger partial charge in [0.15, 0.2) is 0 Å². The van der Waals surface area contributed by atoms with E-state index in [2.05, 4.69) is 27.0 Å². The fourth-order valence-electron chi connectivity index (χ4n) is 3.14. The van der Waals surface area contributed by atoms with Crippen molar-refractivity contribution in [2.45, 2.75) is 44.2 Å². The predicted molar refractivity (Wildman–Crippen MR) is 80.9 cm³/mol. The molecule has 106 valence electrons. The Morgan fingerprint density at radius 2 is 2.32 bits per heavy atom. The number of carbonyl (C=O) groups excluding carboxylic acids is 1. The first-order valence-corrected chi connectivity index (χ1v) is 7.84. The van der Waals surface area contributed by atoms with E-state index in [9.17, 15) is 4.79 Å². The molecule has 1 aromatic heterocycles. The maximum absolute atomic E-state index is 12.4. The normalized spacial score (nSPS) is 26.4. The van der Waals surface area contributed by atoms with Crippen LogP contribution in [0.5, 0.6) is 0 Å². The van der Waals surface area contributed by atoms with Crippen molar-refractivity contribution in [3.05, 3.63) is 22.4 Å². The second kappa shape index (κ2) is 6.73. The molecule has 0 aliphatic carbocycles. The summed E-state index contributed by atoms with van der Waals surface area (Å²) in [5.41, 5.74) is 1.32. The molecule has 0 bridgehead atoms. The lowest BCUT2D eigenvalue weighted by molar-refractivity contribution is -0.132. The molecule has 2 aliphatic rings. The summed E-state index contributed by atoms with van der Waals surface area (Å²) in [4.78, 5) is 14.5. The average molecular weight is 301 g/mol. The molecule has 0 spiro atoms. The van der Waals surface area contributed by atoms with Gasteiger partial charge in [0.1, 0.15) is 0 Å². The summed E-state index contributed by atoms with van der Waals surface area (Å²) >= 11 is 1.72. The first-order chi connectivity index (χ1) is 8.84. The Bertz CT molecular complexity index is 404. The van der Waals surface area contributed by atoms with Crippen LogP contribution in [0.2, 0.25) is 0 Å². The summed E-state index contributed by atoms with van der Waals surface area (Å²) in [5.74, 6) is 0.336. The molecule has 1 aromatic rings. The standard InChI is InChI=1S/C14H20N2OS.ClH/c17-14(9-12-3-1-6-15-12)16-7-2-4-13(16)11-5-8-18-10-11;/h5,8,10,12-13,15H,1-4,6-7,9H2;1H. The molecule has 2 fully saturated rings. The van der Waals surface area contributed by atoms with Crippen molar-refractivity contribution in [1.82, 2.24) is 10.2 Å². The van der Waals surface area contributed by atoms with Gasteiger partial charge in [-0.2, -0.15) is 11.3 Å². The Morgan fingerprint density at radius 3 is 3.00 bits per heavy atom. The zero-order chi connectivity index (χ0) is 12.4. The summed E-state index contributed by atoms with van der Waals surface area (Å²) < 4.78 is 0. The van der Waals surface area contributed by atoms with E-state index in [0.29, 0.717) is 24.4 Å². The van der Waals surface area contributed by atoms with Crippen LogP contribution in [0.3, 0.4) is 0 Å². The van der Waals surface area contributed by atoms with Crippen molar-refractivity contribution in [2.75, 3.05) is 13.1 Å². The van der Waals surface area contributed by atoms with Gasteiger partial charge in [0.25, 0.3) is 0 Å². The van der Waals surface area contributed by atoms with Gasteiger partial charge in [0.05, 0.1) is 6.04 Å². The SMILES string of the molecule is Cl.O=C(CC1CCCN1)N1CCCC1c1ccsc1. The van der Waals surface area contributed by atoms with E-state index in [0.717, 1.165) is 32.4 Å². The van der Waals surface area contributed by atoms with Gasteiger partial charge in [-0.25, -0.2) is 0 Å². The molecule has 2 aliphatic heterocycles. The summed E-state index contributed by atoms with van der Waals surface area (Å²) in [6, 6.07) is 2.92. The molecular weight excluding hydrogens is 280 g/mol. The van der Waals surface area contributed by atoms with E-state index in [-0.39, 0.29) is 12.4 Å². The van der Waals surface area contributed by atoms with Crippen LogP contribution in [0.15, 0.2) is 16.8 Å². The average Bonchev–Trinajstić information content (AvgIpc) is 3.11. The van der Waals surface area contributed by atoms with Crippen LogP contribution in [-0.2, 0) is 4.79 Å². The topological polar surface area (TPSA) is 32.3 Å². The van der Waals surface area contributed by atoms with E-state index in [1.165, 1.54) is 12.0 Å². The summed E-state index contributed by atoms with van der Waals surface area (Å²) in [5, 5.41) is 7.71. The summed E-state index contributed by atoms with van der Waals surface area (Å²) in [7, 11) is 0. The van der Waals surface area contributed by atoms with Gasteiger partial charge >= 0.3 is 0 Å². The highest BCUT2D eigenvalue weighted by Gasteiger charge is 2.31. The van der Waals surface area contributed by atoms with Crippen LogP contribution in [0.4, 0.5) is 0 Å². The largest absolute Gasteiger partial charge is 0.336 e. The zero-order valence-electron chi connectivity index (χ0n) is 11.0. The lowest BCUT2D eigenvalue weighted by Gasteiger charge is -2.25. The van der Waals surface area contributed by atoms with E-state index >= 15 is 0 Å². The number of hydrogen-bond acceptors (Lipinski definition) is 3. The minimum atomic E-state index is 0. The molecular formula is C14H21ClN2OS. The molecule has 2 unspecified atom stereocenters. The Hall–Kier alpha value is -0.580. The molecule has 3 rings (SSSR count). The van der Waals surface area contributed by atoms with Gasteiger partial charge in [-0.1, -0.05) is 0 Å². The molecule has 2 saturated heterocycles. The lowest BCUT2D eigenvalue weighted by atomic mass is 10.1. The number of thiophene rings is 1. The van der Waals surface area contributed by atoms with Gasteiger partial charge in [-0.3, -0.25) is 4.79 Å². The van der Waals surface area contributed by atoms with E-state index in [1.54, 1.807) is 11.3 Å². The van der Waals surface area contributed by atoms with Gasteiger partial charge in [-0.05, 0) is 54.6 Å². The molecule has 1 amide bonds. The maximum atomic E-state index is 12.4. The quantitative estimate of drug-likeness (QED) is 0.931. The molecule has 1 N–H and O–H groups in total. The highest BCUT2D eigenvalue weighted by atomic mass is 35.5. The van der Waals surface area contributed by atoms with Crippen molar-refractivity contribution in [3.8, 4) is 0 Å². The second-order valence-corrected chi connectivity index (χ2v) is 6.08. The van der Waals surface area contributed by atoms with Crippen LogP contribution >= 0.6 is 23.7 Å². The Morgan fingerprint density at radius 1 is 1.42 bits per heavy atom. The van der Waals surface area contributed by atoms with Crippen molar-refractivity contribution >= 4 is 29.7 Å². The number of likely N-dealkylation sites (tertiary alicyclic amines) is 1. The number of carbonyl (C=O) groups is 1. The molecule has 5 heteroatoms. The Kier molecular flexibility index (Phi) is 5.25. The number of rotatable bonds is 3. The smallest absolute Gasteiger partial charge is 0.224 e. The molecule has 2 atom stereocenters.